The summed E-state index contributed by atoms with van der Waals surface area (Å²) in [6.07, 6.45) is 1.46. The van der Waals surface area contributed by atoms with Crippen molar-refractivity contribution < 1.29 is 19.1 Å². The Morgan fingerprint density at radius 3 is 2.42 bits per heavy atom. The number of nitrogens with zero attached hydrogens (tertiary/aromatic N) is 2. The number of carbonyl (C=O) groups is 2. The maximum absolute atomic E-state index is 13.4. The van der Waals surface area contributed by atoms with Gasteiger partial charge in [0.1, 0.15) is 11.4 Å². The summed E-state index contributed by atoms with van der Waals surface area (Å²) in [5, 5.41) is 0. The van der Waals surface area contributed by atoms with Crippen LogP contribution in [0.3, 0.4) is 0 Å². The lowest BCUT2D eigenvalue weighted by atomic mass is 9.98. The van der Waals surface area contributed by atoms with Crippen molar-refractivity contribution in [3.05, 3.63) is 70.9 Å². The van der Waals surface area contributed by atoms with E-state index >= 15 is 0 Å². The van der Waals surface area contributed by atoms with Gasteiger partial charge in [0.15, 0.2) is 0 Å². The molecule has 2 aromatic carbocycles. The van der Waals surface area contributed by atoms with Gasteiger partial charge in [0.05, 0.1) is 12.2 Å². The number of hydrogen-bond donors (Lipinski definition) is 0. The van der Waals surface area contributed by atoms with Crippen LogP contribution in [0, 0.1) is 0 Å². The number of rotatable bonds is 8. The highest BCUT2D eigenvalue weighted by Gasteiger charge is 2.41. The van der Waals surface area contributed by atoms with Crippen molar-refractivity contribution in [2.45, 2.75) is 26.3 Å². The van der Waals surface area contributed by atoms with Gasteiger partial charge in [-0.1, -0.05) is 36.4 Å². The molecule has 0 saturated heterocycles. The van der Waals surface area contributed by atoms with E-state index in [4.69, 9.17) is 9.47 Å². The summed E-state index contributed by atoms with van der Waals surface area (Å²) in [7, 11) is 1.62. The fraction of sp³-hybridized carbons (Fsp3) is 0.360. The lowest BCUT2D eigenvalue weighted by molar-refractivity contribution is -0.137. The van der Waals surface area contributed by atoms with E-state index in [0.29, 0.717) is 50.5 Å². The third kappa shape index (κ3) is 4.21. The van der Waals surface area contributed by atoms with Gasteiger partial charge in [-0.15, -0.1) is 0 Å². The molecule has 2 heterocycles. The minimum absolute atomic E-state index is 0.218. The van der Waals surface area contributed by atoms with Crippen LogP contribution in [-0.4, -0.2) is 55.0 Å². The van der Waals surface area contributed by atoms with E-state index in [1.807, 2.05) is 43.3 Å². The molecule has 6 nitrogen and oxygen atoms in total. The fourth-order valence-electron chi connectivity index (χ4n) is 4.26. The van der Waals surface area contributed by atoms with Crippen LogP contribution in [0.15, 0.2) is 54.2 Å². The number of ether oxygens (including phenoxy) is 2. The smallest absolute Gasteiger partial charge is 0.277 e. The van der Waals surface area contributed by atoms with E-state index < -0.39 is 0 Å². The van der Waals surface area contributed by atoms with Gasteiger partial charge in [-0.3, -0.25) is 14.5 Å². The van der Waals surface area contributed by atoms with Crippen molar-refractivity contribution in [3.63, 3.8) is 0 Å². The Morgan fingerprint density at radius 1 is 0.968 bits per heavy atom. The predicted molar refractivity (Wildman–Crippen MR) is 118 cm³/mol. The molecule has 2 aromatic rings. The first kappa shape index (κ1) is 21.1. The van der Waals surface area contributed by atoms with Crippen LogP contribution in [0.25, 0.3) is 5.57 Å². The molecule has 0 fully saturated rings. The number of methoxy groups -OCH3 is 1. The van der Waals surface area contributed by atoms with Crippen LogP contribution in [-0.2, 0) is 27.3 Å². The largest absolute Gasteiger partial charge is 0.494 e. The average molecular weight is 421 g/mol. The molecule has 2 amide bonds. The summed E-state index contributed by atoms with van der Waals surface area (Å²) >= 11 is 0. The number of imide groups is 1. The fourth-order valence-corrected chi connectivity index (χ4v) is 4.26. The summed E-state index contributed by atoms with van der Waals surface area (Å²) in [5.41, 5.74) is 4.22. The quantitative estimate of drug-likeness (QED) is 0.485. The van der Waals surface area contributed by atoms with Crippen LogP contribution in [0.2, 0.25) is 0 Å². The molecule has 0 unspecified atom stereocenters. The molecule has 6 heteroatoms. The zero-order valence-corrected chi connectivity index (χ0v) is 18.1. The van der Waals surface area contributed by atoms with Crippen LogP contribution >= 0.6 is 0 Å². The average Bonchev–Trinajstić information content (AvgIpc) is 3.04. The molecule has 0 aliphatic carbocycles. The van der Waals surface area contributed by atoms with Crippen molar-refractivity contribution in [2.75, 3.05) is 33.4 Å². The molecule has 4 rings (SSSR count). The van der Waals surface area contributed by atoms with E-state index in [2.05, 4.69) is 17.0 Å². The first-order valence-electron chi connectivity index (χ1n) is 10.8. The van der Waals surface area contributed by atoms with Crippen molar-refractivity contribution >= 4 is 17.4 Å². The Bertz CT molecular complexity index is 997. The SMILES string of the molecule is CCOc1ccc(C2=C(N3CCc4ccccc4C3)C(=O)N(CCCOC)C2=O)cc1. The molecule has 0 atom stereocenters. The molecule has 0 aromatic heterocycles. The molecule has 0 radical (unpaired) electrons. The molecule has 0 N–H and O–H groups in total. The standard InChI is InChI=1S/C25H28N2O4/c1-3-31-21-11-9-19(10-12-21)22-23(25(29)27(24(22)28)14-6-16-30-2)26-15-13-18-7-4-5-8-20(18)17-26/h4-5,7-12H,3,6,13-17H2,1-2H3. The Kier molecular flexibility index (Phi) is 6.37. The van der Waals surface area contributed by atoms with Crippen molar-refractivity contribution in [1.29, 1.82) is 0 Å². The molecule has 2 aliphatic heterocycles. The molecular formula is C25H28N2O4. The third-order valence-electron chi connectivity index (χ3n) is 5.77. The Balaban J connectivity index is 1.70. The summed E-state index contributed by atoms with van der Waals surface area (Å²) in [4.78, 5) is 30.2. The second-order valence-corrected chi connectivity index (χ2v) is 7.73. The monoisotopic (exact) mass is 420 g/mol. The Labute approximate surface area is 183 Å². The van der Waals surface area contributed by atoms with Gasteiger partial charge in [0, 0.05) is 33.4 Å². The van der Waals surface area contributed by atoms with E-state index in [-0.39, 0.29) is 11.8 Å². The second kappa shape index (κ2) is 9.35. The van der Waals surface area contributed by atoms with E-state index in [9.17, 15) is 9.59 Å². The van der Waals surface area contributed by atoms with Gasteiger partial charge in [-0.2, -0.15) is 0 Å². The lowest BCUT2D eigenvalue weighted by Crippen LogP contribution is -2.38. The van der Waals surface area contributed by atoms with Gasteiger partial charge in [-0.25, -0.2) is 0 Å². The van der Waals surface area contributed by atoms with Crippen molar-refractivity contribution in [3.8, 4) is 5.75 Å². The number of fused-ring (bicyclic) bond motifs is 1. The Hall–Kier alpha value is -3.12. The lowest BCUT2D eigenvalue weighted by Gasteiger charge is -2.31. The van der Waals surface area contributed by atoms with Crippen molar-refractivity contribution in [1.82, 2.24) is 9.80 Å². The minimum Gasteiger partial charge on any atom is -0.494 e. The maximum Gasteiger partial charge on any atom is 0.277 e. The van der Waals surface area contributed by atoms with Gasteiger partial charge in [0.25, 0.3) is 11.8 Å². The Morgan fingerprint density at radius 2 is 1.71 bits per heavy atom. The normalized spacial score (nSPS) is 16.2. The zero-order chi connectivity index (χ0) is 21.8. The summed E-state index contributed by atoms with van der Waals surface area (Å²) < 4.78 is 10.7. The van der Waals surface area contributed by atoms with Crippen LogP contribution < -0.4 is 4.74 Å². The predicted octanol–water partition coefficient (Wildman–Crippen LogP) is 3.26. The second-order valence-electron chi connectivity index (χ2n) is 7.73. The molecule has 31 heavy (non-hydrogen) atoms. The van der Waals surface area contributed by atoms with E-state index in [1.54, 1.807) is 7.11 Å². The third-order valence-corrected chi connectivity index (χ3v) is 5.77. The number of hydrogen-bond acceptors (Lipinski definition) is 5. The van der Waals surface area contributed by atoms with Gasteiger partial charge in [0.2, 0.25) is 0 Å². The molecule has 0 saturated carbocycles. The van der Waals surface area contributed by atoms with Gasteiger partial charge < -0.3 is 14.4 Å². The molecule has 162 valence electrons. The van der Waals surface area contributed by atoms with E-state index in [1.165, 1.54) is 16.0 Å². The van der Waals surface area contributed by atoms with Crippen LogP contribution in [0.4, 0.5) is 0 Å². The highest BCUT2D eigenvalue weighted by Crippen LogP contribution is 2.35. The first-order valence-corrected chi connectivity index (χ1v) is 10.8. The summed E-state index contributed by atoms with van der Waals surface area (Å²) in [6.45, 7) is 4.68. The summed E-state index contributed by atoms with van der Waals surface area (Å²) in [5.74, 6) is 0.289. The number of carbonyl (C=O) groups excluding carboxylic acids is 2. The molecule has 0 spiro atoms. The summed E-state index contributed by atoms with van der Waals surface area (Å²) in [6, 6.07) is 15.7. The first-order chi connectivity index (χ1) is 15.1. The number of benzene rings is 2. The van der Waals surface area contributed by atoms with E-state index in [0.717, 1.165) is 17.7 Å². The van der Waals surface area contributed by atoms with Crippen molar-refractivity contribution in [2.24, 2.45) is 0 Å². The molecular weight excluding hydrogens is 392 g/mol. The highest BCUT2D eigenvalue weighted by molar-refractivity contribution is 6.35. The number of amides is 2. The minimum atomic E-state index is -0.237. The maximum atomic E-state index is 13.4. The van der Waals surface area contributed by atoms with Crippen LogP contribution in [0.5, 0.6) is 5.75 Å². The highest BCUT2D eigenvalue weighted by atomic mass is 16.5. The topological polar surface area (TPSA) is 59.1 Å². The van der Waals surface area contributed by atoms with Crippen LogP contribution in [0.1, 0.15) is 30.0 Å². The zero-order valence-electron chi connectivity index (χ0n) is 18.1. The van der Waals surface area contributed by atoms with Gasteiger partial charge >= 0.3 is 0 Å². The molecule has 2 aliphatic rings. The molecule has 0 bridgehead atoms. The van der Waals surface area contributed by atoms with Gasteiger partial charge in [-0.05, 0) is 48.6 Å².